The number of nitrogens with zero attached hydrogens (tertiary/aromatic N) is 3. The molecule has 4 aromatic rings. The SMILES string of the molecule is O=S(=O)(c1c(Cl)nc2sccn12)n1cc(CCBr)c2ccccc21. The second kappa shape index (κ2) is 5.87. The fraction of sp³-hybridized carbons (Fsp3) is 0.133. The Morgan fingerprint density at radius 2 is 2.08 bits per heavy atom. The Morgan fingerprint density at radius 3 is 2.88 bits per heavy atom. The molecule has 3 heterocycles. The number of aromatic nitrogens is 3. The van der Waals surface area contributed by atoms with E-state index in [1.807, 2.05) is 18.2 Å². The molecule has 0 aliphatic carbocycles. The first-order valence-corrected chi connectivity index (χ1v) is 10.9. The Kier molecular flexibility index (Phi) is 3.95. The van der Waals surface area contributed by atoms with Crippen LogP contribution in [0.3, 0.4) is 0 Å². The highest BCUT2D eigenvalue weighted by molar-refractivity contribution is 9.09. The van der Waals surface area contributed by atoms with Crippen molar-refractivity contribution in [3.63, 3.8) is 0 Å². The minimum absolute atomic E-state index is 0.00781. The fourth-order valence-corrected chi connectivity index (χ4v) is 6.02. The molecular formula is C15H11BrClN3O2S2. The summed E-state index contributed by atoms with van der Waals surface area (Å²) >= 11 is 10.9. The molecule has 3 aromatic heterocycles. The molecule has 0 aliphatic rings. The van der Waals surface area contributed by atoms with E-state index in [1.54, 1.807) is 23.8 Å². The van der Waals surface area contributed by atoms with Gasteiger partial charge in [0.15, 0.2) is 10.1 Å². The number of benzene rings is 1. The predicted octanol–water partition coefficient (Wildman–Crippen LogP) is 4.18. The fourth-order valence-electron chi connectivity index (χ4n) is 2.78. The van der Waals surface area contributed by atoms with Crippen LogP contribution in [0.15, 0.2) is 47.1 Å². The van der Waals surface area contributed by atoms with Crippen LogP contribution in [0.5, 0.6) is 0 Å². The van der Waals surface area contributed by atoms with Crippen LogP contribution in [0.25, 0.3) is 15.9 Å². The van der Waals surface area contributed by atoms with Crippen molar-refractivity contribution >= 4 is 64.8 Å². The van der Waals surface area contributed by atoms with Gasteiger partial charge in [0.2, 0.25) is 5.03 Å². The summed E-state index contributed by atoms with van der Waals surface area (Å²) in [5.41, 5.74) is 1.60. The summed E-state index contributed by atoms with van der Waals surface area (Å²) in [6.45, 7) is 0. The van der Waals surface area contributed by atoms with Crippen LogP contribution in [0, 0.1) is 0 Å². The van der Waals surface area contributed by atoms with E-state index in [9.17, 15) is 8.42 Å². The molecule has 0 fully saturated rings. The van der Waals surface area contributed by atoms with Crippen LogP contribution < -0.4 is 0 Å². The molecule has 0 saturated carbocycles. The average molecular weight is 445 g/mol. The van der Waals surface area contributed by atoms with Gasteiger partial charge in [0.25, 0.3) is 10.0 Å². The first-order valence-electron chi connectivity index (χ1n) is 7.05. The highest BCUT2D eigenvalue weighted by Crippen LogP contribution is 2.31. The molecule has 9 heteroatoms. The lowest BCUT2D eigenvalue weighted by atomic mass is 10.1. The maximum atomic E-state index is 13.3. The zero-order valence-electron chi connectivity index (χ0n) is 12.2. The van der Waals surface area contributed by atoms with Gasteiger partial charge in [-0.3, -0.25) is 4.40 Å². The Labute approximate surface area is 155 Å². The zero-order valence-corrected chi connectivity index (χ0v) is 16.2. The number of fused-ring (bicyclic) bond motifs is 2. The van der Waals surface area contributed by atoms with Crippen LogP contribution in [-0.4, -0.2) is 27.1 Å². The van der Waals surface area contributed by atoms with E-state index >= 15 is 0 Å². The second-order valence-electron chi connectivity index (χ2n) is 5.17. The second-order valence-corrected chi connectivity index (χ2v) is 8.93. The van der Waals surface area contributed by atoms with Gasteiger partial charge in [0.1, 0.15) is 0 Å². The minimum Gasteiger partial charge on any atom is -0.278 e. The van der Waals surface area contributed by atoms with Crippen molar-refractivity contribution in [3.8, 4) is 0 Å². The molecule has 4 rings (SSSR count). The molecular weight excluding hydrogens is 434 g/mol. The molecule has 0 aliphatic heterocycles. The van der Waals surface area contributed by atoms with Gasteiger partial charge in [-0.1, -0.05) is 45.7 Å². The summed E-state index contributed by atoms with van der Waals surface area (Å²) in [6, 6.07) is 7.45. The maximum Gasteiger partial charge on any atom is 0.287 e. The number of para-hydroxylation sites is 1. The summed E-state index contributed by atoms with van der Waals surface area (Å²) in [5.74, 6) is 0. The normalized spacial score (nSPS) is 12.4. The van der Waals surface area contributed by atoms with E-state index in [-0.39, 0.29) is 10.2 Å². The van der Waals surface area contributed by atoms with E-state index in [0.29, 0.717) is 10.5 Å². The van der Waals surface area contributed by atoms with E-state index < -0.39 is 10.0 Å². The van der Waals surface area contributed by atoms with E-state index in [4.69, 9.17) is 11.6 Å². The van der Waals surface area contributed by atoms with Gasteiger partial charge in [-0.15, -0.1) is 11.3 Å². The third-order valence-electron chi connectivity index (χ3n) is 3.81. The molecule has 0 unspecified atom stereocenters. The van der Waals surface area contributed by atoms with Gasteiger partial charge in [-0.25, -0.2) is 8.96 Å². The molecule has 0 atom stereocenters. The number of hydrogen-bond acceptors (Lipinski definition) is 4. The zero-order chi connectivity index (χ0) is 16.9. The van der Waals surface area contributed by atoms with Crippen LogP contribution in [-0.2, 0) is 16.4 Å². The summed E-state index contributed by atoms with van der Waals surface area (Å²) in [5, 5.41) is 3.43. The number of alkyl halides is 1. The van der Waals surface area contributed by atoms with Gasteiger partial charge in [-0.05, 0) is 18.1 Å². The van der Waals surface area contributed by atoms with Crippen LogP contribution in [0.4, 0.5) is 0 Å². The van der Waals surface area contributed by atoms with Gasteiger partial charge >= 0.3 is 0 Å². The van der Waals surface area contributed by atoms with Crippen molar-refractivity contribution in [2.24, 2.45) is 0 Å². The molecule has 0 radical (unpaired) electrons. The lowest BCUT2D eigenvalue weighted by Crippen LogP contribution is -2.14. The first kappa shape index (κ1) is 16.1. The van der Waals surface area contributed by atoms with Crippen molar-refractivity contribution in [3.05, 3.63) is 52.8 Å². The van der Waals surface area contributed by atoms with Crippen molar-refractivity contribution in [1.29, 1.82) is 0 Å². The molecule has 5 nitrogen and oxygen atoms in total. The van der Waals surface area contributed by atoms with E-state index in [0.717, 1.165) is 22.7 Å². The Hall–Kier alpha value is -1.35. The molecule has 0 spiro atoms. The number of aryl methyl sites for hydroxylation is 1. The topological polar surface area (TPSA) is 56.4 Å². The number of hydrogen-bond donors (Lipinski definition) is 0. The smallest absolute Gasteiger partial charge is 0.278 e. The highest BCUT2D eigenvalue weighted by atomic mass is 79.9. The standard InChI is InChI=1S/C15H11BrClN3O2S2/c16-6-5-10-9-20(12-4-2-1-3-11(10)12)24(21,22)14-13(17)18-15-19(14)7-8-23-15/h1-4,7-9H,5-6H2. The van der Waals surface area contributed by atoms with Crippen molar-refractivity contribution < 1.29 is 8.42 Å². The predicted molar refractivity (Wildman–Crippen MR) is 100 cm³/mol. The molecule has 0 amide bonds. The number of rotatable bonds is 4. The average Bonchev–Trinajstić information content (AvgIpc) is 3.20. The molecule has 0 bridgehead atoms. The van der Waals surface area contributed by atoms with Gasteiger partial charge in [0.05, 0.1) is 5.52 Å². The molecule has 1 aromatic carbocycles. The third-order valence-corrected chi connectivity index (χ3v) is 7.03. The lowest BCUT2D eigenvalue weighted by molar-refractivity contribution is 0.584. The first-order chi connectivity index (χ1) is 11.5. The van der Waals surface area contributed by atoms with Gasteiger partial charge in [0, 0.05) is 28.5 Å². The Balaban J connectivity index is 2.03. The maximum absolute atomic E-state index is 13.3. The number of halogens is 2. The molecule has 0 saturated heterocycles. The quantitative estimate of drug-likeness (QED) is 0.444. The molecule has 124 valence electrons. The Bertz CT molecular complexity index is 1160. The van der Waals surface area contributed by atoms with Gasteiger partial charge < -0.3 is 0 Å². The minimum atomic E-state index is -3.87. The number of imidazole rings is 1. The lowest BCUT2D eigenvalue weighted by Gasteiger charge is -2.06. The molecule has 0 N–H and O–H groups in total. The largest absolute Gasteiger partial charge is 0.287 e. The van der Waals surface area contributed by atoms with Crippen LogP contribution >= 0.6 is 38.9 Å². The van der Waals surface area contributed by atoms with Crippen LogP contribution in [0.2, 0.25) is 5.15 Å². The van der Waals surface area contributed by atoms with Crippen molar-refractivity contribution in [2.75, 3.05) is 5.33 Å². The van der Waals surface area contributed by atoms with Crippen LogP contribution in [0.1, 0.15) is 5.56 Å². The monoisotopic (exact) mass is 443 g/mol. The summed E-state index contributed by atoms with van der Waals surface area (Å²) < 4.78 is 29.4. The molecule has 24 heavy (non-hydrogen) atoms. The van der Waals surface area contributed by atoms with Gasteiger partial charge in [-0.2, -0.15) is 8.42 Å². The van der Waals surface area contributed by atoms with Crippen molar-refractivity contribution in [1.82, 2.24) is 13.4 Å². The van der Waals surface area contributed by atoms with Crippen molar-refractivity contribution in [2.45, 2.75) is 11.4 Å². The highest BCUT2D eigenvalue weighted by Gasteiger charge is 2.28. The summed E-state index contributed by atoms with van der Waals surface area (Å²) in [4.78, 5) is 4.69. The summed E-state index contributed by atoms with van der Waals surface area (Å²) in [6.07, 6.45) is 4.07. The Morgan fingerprint density at radius 1 is 1.29 bits per heavy atom. The third kappa shape index (κ3) is 2.32. The van der Waals surface area contributed by atoms with E-state index in [1.165, 1.54) is 19.7 Å². The summed E-state index contributed by atoms with van der Waals surface area (Å²) in [7, 11) is -3.87. The van der Waals surface area contributed by atoms with E-state index in [2.05, 4.69) is 20.9 Å². The number of thiazole rings is 1.